The second-order valence-corrected chi connectivity index (χ2v) is 4.26. The molecule has 2 aromatic rings. The van der Waals surface area contributed by atoms with Gasteiger partial charge >= 0.3 is 5.97 Å². The van der Waals surface area contributed by atoms with Gasteiger partial charge in [-0.1, -0.05) is 0 Å². The van der Waals surface area contributed by atoms with Crippen LogP contribution in [0.2, 0.25) is 0 Å². The van der Waals surface area contributed by atoms with Crippen LogP contribution in [0.5, 0.6) is 0 Å². The van der Waals surface area contributed by atoms with Crippen molar-refractivity contribution in [3.8, 4) is 0 Å². The van der Waals surface area contributed by atoms with E-state index >= 15 is 0 Å². The second kappa shape index (κ2) is 7.39. The molecule has 0 spiro atoms. The Bertz CT molecular complexity index is 580. The Morgan fingerprint density at radius 2 is 2.24 bits per heavy atom. The summed E-state index contributed by atoms with van der Waals surface area (Å²) in [6.45, 7) is 3.41. The minimum absolute atomic E-state index is 0.347. The third kappa shape index (κ3) is 4.28. The van der Waals surface area contributed by atoms with Crippen LogP contribution in [0.4, 0.5) is 11.5 Å². The Hall–Kier alpha value is -2.41. The molecule has 1 N–H and O–H groups in total. The number of rotatable bonds is 7. The smallest absolute Gasteiger partial charge is 0.339 e. The summed E-state index contributed by atoms with van der Waals surface area (Å²) in [6, 6.07) is 3.39. The summed E-state index contributed by atoms with van der Waals surface area (Å²) < 4.78 is 11.7. The number of hydrogen-bond acceptors (Lipinski definition) is 6. The van der Waals surface area contributed by atoms with E-state index in [0.717, 1.165) is 5.69 Å². The number of nitrogens with zero attached hydrogens (tertiary/aromatic N) is 3. The lowest BCUT2D eigenvalue weighted by molar-refractivity contribution is 0.0526. The van der Waals surface area contributed by atoms with E-state index in [1.807, 2.05) is 6.20 Å². The predicted octanol–water partition coefficient (Wildman–Crippen LogP) is 1.84. The number of ether oxygens (including phenoxy) is 2. The van der Waals surface area contributed by atoms with Crippen LogP contribution in [0.25, 0.3) is 0 Å². The molecule has 0 radical (unpaired) electrons. The zero-order valence-corrected chi connectivity index (χ0v) is 12.1. The van der Waals surface area contributed by atoms with Crippen LogP contribution in [0.1, 0.15) is 17.3 Å². The summed E-state index contributed by atoms with van der Waals surface area (Å²) in [6.07, 6.45) is 5.05. The second-order valence-electron chi connectivity index (χ2n) is 4.26. The molecule has 0 unspecified atom stereocenters. The predicted molar refractivity (Wildman–Crippen MR) is 77.6 cm³/mol. The molecular weight excluding hydrogens is 272 g/mol. The van der Waals surface area contributed by atoms with Crippen molar-refractivity contribution >= 4 is 17.5 Å². The first-order valence-electron chi connectivity index (χ1n) is 6.64. The number of carbonyl (C=O) groups is 1. The molecule has 0 aliphatic rings. The van der Waals surface area contributed by atoms with Gasteiger partial charge in [-0.05, 0) is 19.1 Å². The van der Waals surface area contributed by atoms with Crippen molar-refractivity contribution in [2.45, 2.75) is 13.5 Å². The van der Waals surface area contributed by atoms with Gasteiger partial charge in [-0.3, -0.25) is 4.68 Å². The summed E-state index contributed by atoms with van der Waals surface area (Å²) in [4.78, 5) is 15.7. The number of nitrogens with one attached hydrogen (secondary N) is 1. The van der Waals surface area contributed by atoms with Gasteiger partial charge in [-0.15, -0.1) is 0 Å². The summed E-state index contributed by atoms with van der Waals surface area (Å²) in [5.41, 5.74) is 1.25. The van der Waals surface area contributed by atoms with Crippen LogP contribution in [-0.4, -0.2) is 41.1 Å². The molecular formula is C14H18N4O3. The van der Waals surface area contributed by atoms with Gasteiger partial charge < -0.3 is 14.8 Å². The number of pyridine rings is 1. The first-order valence-corrected chi connectivity index (χ1v) is 6.64. The summed E-state index contributed by atoms with van der Waals surface area (Å²) in [7, 11) is 1.65. The van der Waals surface area contributed by atoms with E-state index in [9.17, 15) is 4.79 Å². The zero-order valence-electron chi connectivity index (χ0n) is 12.1. The van der Waals surface area contributed by atoms with Crippen LogP contribution >= 0.6 is 0 Å². The maximum Gasteiger partial charge on any atom is 0.339 e. The largest absolute Gasteiger partial charge is 0.462 e. The lowest BCUT2D eigenvalue weighted by Crippen LogP contribution is -2.05. The lowest BCUT2D eigenvalue weighted by Gasteiger charge is -2.04. The third-order valence-corrected chi connectivity index (χ3v) is 2.70. The molecule has 0 aliphatic heterocycles. The monoisotopic (exact) mass is 290 g/mol. The van der Waals surface area contributed by atoms with E-state index in [4.69, 9.17) is 9.47 Å². The highest BCUT2D eigenvalue weighted by molar-refractivity contribution is 5.89. The van der Waals surface area contributed by atoms with E-state index < -0.39 is 0 Å². The van der Waals surface area contributed by atoms with Crippen LogP contribution < -0.4 is 5.32 Å². The van der Waals surface area contributed by atoms with E-state index in [0.29, 0.717) is 31.1 Å². The van der Waals surface area contributed by atoms with Crippen molar-refractivity contribution in [2.24, 2.45) is 0 Å². The van der Waals surface area contributed by atoms with E-state index in [-0.39, 0.29) is 5.97 Å². The molecule has 2 heterocycles. The molecule has 0 atom stereocenters. The van der Waals surface area contributed by atoms with E-state index in [1.165, 1.54) is 6.20 Å². The van der Waals surface area contributed by atoms with Crippen molar-refractivity contribution in [2.75, 3.05) is 25.6 Å². The highest BCUT2D eigenvalue weighted by Crippen LogP contribution is 2.14. The Balaban J connectivity index is 1.96. The number of hydrogen-bond donors (Lipinski definition) is 1. The molecule has 0 amide bonds. The fraction of sp³-hybridized carbons (Fsp3) is 0.357. The number of esters is 1. The summed E-state index contributed by atoms with van der Waals surface area (Å²) in [5, 5.41) is 7.30. The van der Waals surface area contributed by atoms with Gasteiger partial charge in [0, 0.05) is 19.5 Å². The fourth-order valence-corrected chi connectivity index (χ4v) is 1.69. The van der Waals surface area contributed by atoms with Crippen molar-refractivity contribution in [3.05, 3.63) is 36.3 Å². The Kier molecular flexibility index (Phi) is 5.28. The van der Waals surface area contributed by atoms with Gasteiger partial charge in [0.05, 0.1) is 37.2 Å². The zero-order chi connectivity index (χ0) is 15.1. The first-order chi connectivity index (χ1) is 10.2. The number of anilines is 2. The van der Waals surface area contributed by atoms with Gasteiger partial charge in [0.1, 0.15) is 5.82 Å². The highest BCUT2D eigenvalue weighted by atomic mass is 16.5. The standard InChI is InChI=1S/C14H18N4O3/c1-3-21-14(19)11-4-5-13(15-8-11)17-12-9-16-18(10-12)6-7-20-2/h4-5,8-10H,3,6-7H2,1-2H3,(H,15,17). The first kappa shape index (κ1) is 15.0. The molecule has 0 saturated heterocycles. The quantitative estimate of drug-likeness (QED) is 0.784. The van der Waals surface area contributed by atoms with Gasteiger partial charge in [0.15, 0.2) is 0 Å². The maximum atomic E-state index is 11.5. The molecule has 0 bridgehead atoms. The van der Waals surface area contributed by atoms with Crippen LogP contribution in [0.15, 0.2) is 30.7 Å². The highest BCUT2D eigenvalue weighted by Gasteiger charge is 2.07. The van der Waals surface area contributed by atoms with Crippen molar-refractivity contribution in [1.29, 1.82) is 0 Å². The van der Waals surface area contributed by atoms with Crippen LogP contribution in [0, 0.1) is 0 Å². The van der Waals surface area contributed by atoms with E-state index in [2.05, 4.69) is 15.4 Å². The Morgan fingerprint density at radius 1 is 1.38 bits per heavy atom. The fourth-order valence-electron chi connectivity index (χ4n) is 1.69. The maximum absolute atomic E-state index is 11.5. The number of carbonyl (C=O) groups excluding carboxylic acids is 1. The Morgan fingerprint density at radius 3 is 2.90 bits per heavy atom. The average Bonchev–Trinajstić information content (AvgIpc) is 2.93. The SMILES string of the molecule is CCOC(=O)c1ccc(Nc2cnn(CCOC)c2)nc1. The average molecular weight is 290 g/mol. The minimum Gasteiger partial charge on any atom is -0.462 e. The molecule has 2 rings (SSSR count). The van der Waals surface area contributed by atoms with Crippen molar-refractivity contribution < 1.29 is 14.3 Å². The molecule has 0 aliphatic carbocycles. The normalized spacial score (nSPS) is 10.4. The topological polar surface area (TPSA) is 78.3 Å². The van der Waals surface area contributed by atoms with Gasteiger partial charge in [-0.2, -0.15) is 5.10 Å². The van der Waals surface area contributed by atoms with Gasteiger partial charge in [0.2, 0.25) is 0 Å². The molecule has 0 aromatic carbocycles. The summed E-state index contributed by atoms with van der Waals surface area (Å²) >= 11 is 0. The number of aromatic nitrogens is 3. The Labute approximate surface area is 122 Å². The van der Waals surface area contributed by atoms with Crippen LogP contribution in [-0.2, 0) is 16.0 Å². The van der Waals surface area contributed by atoms with Crippen molar-refractivity contribution in [1.82, 2.24) is 14.8 Å². The van der Waals surface area contributed by atoms with Gasteiger partial charge in [-0.25, -0.2) is 9.78 Å². The van der Waals surface area contributed by atoms with Crippen molar-refractivity contribution in [3.63, 3.8) is 0 Å². The third-order valence-electron chi connectivity index (χ3n) is 2.70. The molecule has 0 fully saturated rings. The molecule has 7 heteroatoms. The van der Waals surface area contributed by atoms with E-state index in [1.54, 1.807) is 37.0 Å². The minimum atomic E-state index is -0.371. The van der Waals surface area contributed by atoms with Gasteiger partial charge in [0.25, 0.3) is 0 Å². The summed E-state index contributed by atoms with van der Waals surface area (Å²) in [5.74, 6) is 0.262. The molecule has 2 aromatic heterocycles. The molecule has 7 nitrogen and oxygen atoms in total. The molecule has 21 heavy (non-hydrogen) atoms. The molecule has 0 saturated carbocycles. The van der Waals surface area contributed by atoms with Crippen LogP contribution in [0.3, 0.4) is 0 Å². The lowest BCUT2D eigenvalue weighted by atomic mass is 10.3. The molecule has 112 valence electrons. The number of methoxy groups -OCH3 is 1.